The molecule has 0 unspecified atom stereocenters. The van der Waals surface area contributed by atoms with Gasteiger partial charge in [-0.1, -0.05) is 23.9 Å². The molecule has 2 heterocycles. The maximum atomic E-state index is 12.6. The van der Waals surface area contributed by atoms with Crippen LogP contribution in [0.25, 0.3) is 10.2 Å². The van der Waals surface area contributed by atoms with E-state index >= 15 is 0 Å². The predicted molar refractivity (Wildman–Crippen MR) is 115 cm³/mol. The molecule has 0 aliphatic heterocycles. The number of aryl methyl sites for hydroxylation is 4. The molecule has 1 aliphatic carbocycles. The number of aromatic nitrogens is 2. The second kappa shape index (κ2) is 7.48. The van der Waals surface area contributed by atoms with Crippen molar-refractivity contribution < 1.29 is 0 Å². The Kier molecular flexibility index (Phi) is 5.06. The Morgan fingerprint density at radius 1 is 1.33 bits per heavy atom. The first-order chi connectivity index (χ1) is 13.0. The van der Waals surface area contributed by atoms with Gasteiger partial charge in [0.05, 0.1) is 16.8 Å². The van der Waals surface area contributed by atoms with Gasteiger partial charge in [0.15, 0.2) is 5.17 Å². The quantitative estimate of drug-likeness (QED) is 0.507. The Bertz CT molecular complexity index is 1100. The number of nitrogens with one attached hydrogen (secondary N) is 1. The Morgan fingerprint density at radius 3 is 3.00 bits per heavy atom. The topological polar surface area (TPSA) is 84.1 Å². The van der Waals surface area contributed by atoms with E-state index in [1.165, 1.54) is 28.6 Å². The number of amidine groups is 1. The first-order valence-electron chi connectivity index (χ1n) is 9.09. The fourth-order valence-electron chi connectivity index (χ4n) is 3.41. The number of fused-ring (bicyclic) bond motifs is 3. The largest absolute Gasteiger partial charge is 0.378 e. The molecule has 0 bridgehead atoms. The molecule has 0 spiro atoms. The summed E-state index contributed by atoms with van der Waals surface area (Å²) in [5.41, 5.74) is 10.4. The lowest BCUT2D eigenvalue weighted by molar-refractivity contribution is 0.700. The van der Waals surface area contributed by atoms with E-state index in [-0.39, 0.29) is 5.56 Å². The number of aromatic amines is 1. The second-order valence-corrected chi connectivity index (χ2v) is 9.01. The van der Waals surface area contributed by atoms with E-state index in [4.69, 9.17) is 5.73 Å². The van der Waals surface area contributed by atoms with Gasteiger partial charge in [0.2, 0.25) is 0 Å². The minimum atomic E-state index is -0.0277. The minimum Gasteiger partial charge on any atom is -0.378 e. The molecule has 140 valence electrons. The molecule has 27 heavy (non-hydrogen) atoms. The molecule has 7 heteroatoms. The molecule has 1 aliphatic rings. The van der Waals surface area contributed by atoms with Crippen LogP contribution < -0.4 is 11.3 Å². The molecule has 4 rings (SSSR count). The zero-order valence-corrected chi connectivity index (χ0v) is 17.1. The molecule has 5 nitrogen and oxygen atoms in total. The number of thiophene rings is 1. The van der Waals surface area contributed by atoms with E-state index < -0.39 is 0 Å². The second-order valence-electron chi connectivity index (χ2n) is 6.93. The van der Waals surface area contributed by atoms with Crippen LogP contribution in [-0.4, -0.2) is 15.1 Å². The van der Waals surface area contributed by atoms with Gasteiger partial charge in [0, 0.05) is 4.88 Å². The van der Waals surface area contributed by atoms with Crippen molar-refractivity contribution in [2.75, 3.05) is 0 Å². The first-order valence-corrected chi connectivity index (χ1v) is 10.9. The summed E-state index contributed by atoms with van der Waals surface area (Å²) in [4.78, 5) is 26.9. The molecular weight excluding hydrogens is 376 g/mol. The summed E-state index contributed by atoms with van der Waals surface area (Å²) in [5, 5.41) is 1.26. The van der Waals surface area contributed by atoms with E-state index in [9.17, 15) is 4.79 Å². The van der Waals surface area contributed by atoms with Crippen LogP contribution in [0.2, 0.25) is 0 Å². The SMILES string of the molecule is Cc1ccc(C)c(N=C(N)SCc2nc3sc4c(c3c(=O)[nH]2)CCCC4)c1. The molecule has 0 saturated carbocycles. The smallest absolute Gasteiger partial charge is 0.259 e. The highest BCUT2D eigenvalue weighted by Gasteiger charge is 2.19. The summed E-state index contributed by atoms with van der Waals surface area (Å²) in [7, 11) is 0. The highest BCUT2D eigenvalue weighted by atomic mass is 32.2. The van der Waals surface area contributed by atoms with Crippen molar-refractivity contribution >= 4 is 44.2 Å². The predicted octanol–water partition coefficient (Wildman–Crippen LogP) is 4.36. The molecule has 0 radical (unpaired) electrons. The van der Waals surface area contributed by atoms with Crippen LogP contribution in [0, 0.1) is 13.8 Å². The van der Waals surface area contributed by atoms with Gasteiger partial charge in [-0.3, -0.25) is 4.79 Å². The van der Waals surface area contributed by atoms with Crippen LogP contribution >= 0.6 is 23.1 Å². The number of thioether (sulfide) groups is 1. The zero-order valence-electron chi connectivity index (χ0n) is 15.5. The van der Waals surface area contributed by atoms with E-state index in [1.807, 2.05) is 26.0 Å². The molecule has 0 atom stereocenters. The van der Waals surface area contributed by atoms with Crippen LogP contribution in [0.1, 0.15) is 40.2 Å². The van der Waals surface area contributed by atoms with Crippen molar-refractivity contribution in [1.29, 1.82) is 0 Å². The number of benzene rings is 1. The third kappa shape index (κ3) is 3.80. The summed E-state index contributed by atoms with van der Waals surface area (Å²) in [6.45, 7) is 4.05. The van der Waals surface area contributed by atoms with E-state index in [0.29, 0.717) is 16.7 Å². The highest BCUT2D eigenvalue weighted by Crippen LogP contribution is 2.33. The van der Waals surface area contributed by atoms with Crippen molar-refractivity contribution in [3.05, 3.63) is 55.9 Å². The van der Waals surface area contributed by atoms with Crippen molar-refractivity contribution in [1.82, 2.24) is 9.97 Å². The number of nitrogens with zero attached hydrogens (tertiary/aromatic N) is 2. The highest BCUT2D eigenvalue weighted by molar-refractivity contribution is 8.13. The van der Waals surface area contributed by atoms with Crippen LogP contribution in [0.15, 0.2) is 28.0 Å². The molecule has 3 N–H and O–H groups in total. The van der Waals surface area contributed by atoms with Gasteiger partial charge in [-0.05, 0) is 62.3 Å². The minimum absolute atomic E-state index is 0.0277. The Balaban J connectivity index is 1.56. The summed E-state index contributed by atoms with van der Waals surface area (Å²) in [5.74, 6) is 1.14. The Hall–Kier alpha value is -2.12. The Labute approximate surface area is 166 Å². The summed E-state index contributed by atoms with van der Waals surface area (Å²) >= 11 is 3.06. The number of hydrogen-bond acceptors (Lipinski definition) is 5. The van der Waals surface area contributed by atoms with Crippen molar-refractivity contribution in [2.45, 2.75) is 45.3 Å². The molecule has 0 amide bonds. The first kappa shape index (κ1) is 18.3. The third-order valence-electron chi connectivity index (χ3n) is 4.83. The zero-order chi connectivity index (χ0) is 19.0. The fourth-order valence-corrected chi connectivity index (χ4v) is 5.28. The standard InChI is InChI=1S/C20H22N4OS2/c1-11-7-8-12(2)14(9-11)22-20(21)26-10-16-23-18(25)17-13-5-3-4-6-15(13)27-19(17)24-16/h7-9H,3-6,10H2,1-2H3,(H2,21,22)(H,23,24,25). The maximum absolute atomic E-state index is 12.6. The number of hydrogen-bond donors (Lipinski definition) is 2. The van der Waals surface area contributed by atoms with Gasteiger partial charge in [0.25, 0.3) is 5.56 Å². The van der Waals surface area contributed by atoms with E-state index in [2.05, 4.69) is 21.0 Å². The van der Waals surface area contributed by atoms with Gasteiger partial charge >= 0.3 is 0 Å². The number of nitrogens with two attached hydrogens (primary N) is 1. The number of aliphatic imine (C=N–C) groups is 1. The molecule has 0 saturated heterocycles. The molecule has 2 aromatic heterocycles. The van der Waals surface area contributed by atoms with Crippen molar-refractivity contribution in [3.8, 4) is 0 Å². The lowest BCUT2D eigenvalue weighted by atomic mass is 9.97. The molecule has 3 aromatic rings. The average Bonchev–Trinajstić information content (AvgIpc) is 3.02. The van der Waals surface area contributed by atoms with Crippen molar-refractivity contribution in [2.24, 2.45) is 10.7 Å². The van der Waals surface area contributed by atoms with Gasteiger partial charge in [-0.15, -0.1) is 11.3 Å². The number of rotatable bonds is 3. The summed E-state index contributed by atoms with van der Waals surface area (Å²) < 4.78 is 0. The Morgan fingerprint density at radius 2 is 2.15 bits per heavy atom. The molecular formula is C20H22N4OS2. The normalized spacial score (nSPS) is 14.5. The van der Waals surface area contributed by atoms with Crippen LogP contribution in [0.5, 0.6) is 0 Å². The molecule has 0 fully saturated rings. The van der Waals surface area contributed by atoms with Gasteiger partial charge in [-0.25, -0.2) is 9.98 Å². The van der Waals surface area contributed by atoms with Crippen LogP contribution in [0.3, 0.4) is 0 Å². The monoisotopic (exact) mass is 398 g/mol. The maximum Gasteiger partial charge on any atom is 0.259 e. The summed E-state index contributed by atoms with van der Waals surface area (Å²) in [6.07, 6.45) is 4.41. The van der Waals surface area contributed by atoms with E-state index in [0.717, 1.165) is 46.3 Å². The number of H-pyrrole nitrogens is 1. The third-order valence-corrected chi connectivity index (χ3v) is 6.82. The van der Waals surface area contributed by atoms with Crippen LogP contribution in [0.4, 0.5) is 5.69 Å². The van der Waals surface area contributed by atoms with Crippen molar-refractivity contribution in [3.63, 3.8) is 0 Å². The van der Waals surface area contributed by atoms with Gasteiger partial charge in [0.1, 0.15) is 10.7 Å². The fraction of sp³-hybridized carbons (Fsp3) is 0.350. The molecule has 1 aromatic carbocycles. The summed E-state index contributed by atoms with van der Waals surface area (Å²) in [6, 6.07) is 6.12. The van der Waals surface area contributed by atoms with Gasteiger partial charge in [-0.2, -0.15) is 0 Å². The van der Waals surface area contributed by atoms with Gasteiger partial charge < -0.3 is 10.7 Å². The van der Waals surface area contributed by atoms with E-state index in [1.54, 1.807) is 11.3 Å². The average molecular weight is 399 g/mol. The lowest BCUT2D eigenvalue weighted by Gasteiger charge is -2.09. The lowest BCUT2D eigenvalue weighted by Crippen LogP contribution is -2.14. The van der Waals surface area contributed by atoms with Crippen LogP contribution in [-0.2, 0) is 18.6 Å².